The van der Waals surface area contributed by atoms with Crippen LogP contribution in [0.4, 0.5) is 17.2 Å². The molecule has 0 bridgehead atoms. The van der Waals surface area contributed by atoms with Crippen LogP contribution in [0.1, 0.15) is 32.3 Å². The van der Waals surface area contributed by atoms with Gasteiger partial charge in [-0.2, -0.15) is 10.1 Å². The molecule has 3 heterocycles. The monoisotopic (exact) mass is 507 g/mol. The molecule has 3 aromatic rings. The Labute approximate surface area is 220 Å². The molecule has 1 aromatic carbocycles. The topological polar surface area (TPSA) is 81.2 Å². The van der Waals surface area contributed by atoms with E-state index in [2.05, 4.69) is 68.3 Å². The van der Waals surface area contributed by atoms with Crippen molar-refractivity contribution in [3.8, 4) is 5.88 Å². The Morgan fingerprint density at radius 3 is 2.65 bits per heavy atom. The molecule has 0 radical (unpaired) electrons. The average molecular weight is 508 g/mol. The molecule has 2 N–H and O–H groups in total. The minimum Gasteiger partial charge on any atom is -0.476 e. The first-order valence-corrected chi connectivity index (χ1v) is 13.3. The van der Waals surface area contributed by atoms with E-state index in [0.717, 1.165) is 92.4 Å². The van der Waals surface area contributed by atoms with Crippen LogP contribution >= 0.6 is 0 Å². The summed E-state index contributed by atoms with van der Waals surface area (Å²) in [7, 11) is 4.09. The molecule has 0 unspecified atom stereocenters. The number of anilines is 3. The van der Waals surface area contributed by atoms with E-state index in [9.17, 15) is 0 Å². The number of fused-ring (bicyclic) bond motifs is 1. The average Bonchev–Trinajstić information content (AvgIpc) is 3.31. The summed E-state index contributed by atoms with van der Waals surface area (Å²) in [6, 6.07) is 10.4. The highest BCUT2D eigenvalue weighted by molar-refractivity contribution is 6.00. The first-order valence-electron chi connectivity index (χ1n) is 13.3. The van der Waals surface area contributed by atoms with Gasteiger partial charge in [0.2, 0.25) is 5.88 Å². The number of pyridine rings is 1. The Bertz CT molecular complexity index is 1150. The van der Waals surface area contributed by atoms with Crippen LogP contribution in [-0.4, -0.2) is 87.7 Å². The first-order chi connectivity index (χ1) is 18.1. The Balaban J connectivity index is 1.49. The predicted molar refractivity (Wildman–Crippen MR) is 154 cm³/mol. The van der Waals surface area contributed by atoms with Gasteiger partial charge in [0.1, 0.15) is 12.4 Å². The van der Waals surface area contributed by atoms with Gasteiger partial charge in [-0.05, 0) is 25.0 Å². The number of H-pyrrole nitrogens is 1. The summed E-state index contributed by atoms with van der Waals surface area (Å²) in [5, 5.41) is 5.68. The van der Waals surface area contributed by atoms with Crippen LogP contribution < -0.4 is 20.0 Å². The number of nitrogens with one attached hydrogen (secondary N) is 2. The van der Waals surface area contributed by atoms with Crippen molar-refractivity contribution in [2.75, 3.05) is 81.9 Å². The molecule has 1 aliphatic rings. The standard InChI is InChI=1S/C28H41N7O2/c1-5-9-35(10-6-2)27-17-23(18-28(31-27)37-16-13-34-11-14-36-15-12-34)32-30-21-22-20-29-26-19-24(33(3)4)7-8-25(22)26/h7-8,17-21,29H,5-6,9-16H2,1-4H3,(H,31,32)/b30-21+. The molecule has 4 rings (SSSR count). The summed E-state index contributed by atoms with van der Waals surface area (Å²) in [4.78, 5) is 15.0. The number of hydrogen-bond acceptors (Lipinski definition) is 8. The van der Waals surface area contributed by atoms with Gasteiger partial charge in [-0.3, -0.25) is 10.3 Å². The largest absolute Gasteiger partial charge is 0.476 e. The van der Waals surface area contributed by atoms with Gasteiger partial charge in [-0.1, -0.05) is 19.9 Å². The molecule has 0 saturated carbocycles. The maximum Gasteiger partial charge on any atom is 0.217 e. The number of nitrogens with zero attached hydrogens (tertiary/aromatic N) is 5. The van der Waals surface area contributed by atoms with Crippen LogP contribution in [0.5, 0.6) is 5.88 Å². The highest BCUT2D eigenvalue weighted by atomic mass is 16.5. The minimum atomic E-state index is 0.588. The highest BCUT2D eigenvalue weighted by Gasteiger charge is 2.13. The maximum absolute atomic E-state index is 6.12. The van der Waals surface area contributed by atoms with Crippen LogP contribution in [0.2, 0.25) is 0 Å². The molecule has 9 heteroatoms. The molecule has 1 fully saturated rings. The summed E-state index contributed by atoms with van der Waals surface area (Å²) >= 11 is 0. The number of aromatic nitrogens is 2. The Morgan fingerprint density at radius 2 is 1.92 bits per heavy atom. The smallest absolute Gasteiger partial charge is 0.217 e. The summed E-state index contributed by atoms with van der Waals surface area (Å²) < 4.78 is 11.6. The van der Waals surface area contributed by atoms with Crippen LogP contribution in [0.25, 0.3) is 10.9 Å². The third kappa shape index (κ3) is 7.36. The lowest BCUT2D eigenvalue weighted by atomic mass is 10.1. The fraction of sp³-hybridized carbons (Fsp3) is 0.500. The lowest BCUT2D eigenvalue weighted by Gasteiger charge is -2.26. The van der Waals surface area contributed by atoms with Gasteiger partial charge in [-0.25, -0.2) is 0 Å². The van der Waals surface area contributed by atoms with Crippen LogP contribution in [0, 0.1) is 0 Å². The molecule has 1 saturated heterocycles. The van der Waals surface area contributed by atoms with E-state index >= 15 is 0 Å². The van der Waals surface area contributed by atoms with E-state index in [0.29, 0.717) is 12.5 Å². The van der Waals surface area contributed by atoms with Crippen molar-refractivity contribution in [1.29, 1.82) is 0 Å². The van der Waals surface area contributed by atoms with Crippen molar-refractivity contribution in [2.45, 2.75) is 26.7 Å². The molecule has 200 valence electrons. The van der Waals surface area contributed by atoms with Gasteiger partial charge >= 0.3 is 0 Å². The third-order valence-corrected chi connectivity index (χ3v) is 6.47. The molecular formula is C28H41N7O2. The van der Waals surface area contributed by atoms with Gasteiger partial charge in [-0.15, -0.1) is 0 Å². The number of morpholine rings is 1. The van der Waals surface area contributed by atoms with Crippen molar-refractivity contribution in [2.24, 2.45) is 5.10 Å². The van der Waals surface area contributed by atoms with Crippen molar-refractivity contribution in [1.82, 2.24) is 14.9 Å². The molecule has 0 atom stereocenters. The summed E-state index contributed by atoms with van der Waals surface area (Å²) in [6.45, 7) is 11.2. The Morgan fingerprint density at radius 1 is 1.14 bits per heavy atom. The number of benzene rings is 1. The molecular weight excluding hydrogens is 466 g/mol. The second kappa shape index (κ2) is 13.3. The molecule has 0 aliphatic carbocycles. The van der Waals surface area contributed by atoms with Gasteiger partial charge in [0, 0.05) is 87.3 Å². The second-order valence-electron chi connectivity index (χ2n) is 9.58. The fourth-order valence-corrected chi connectivity index (χ4v) is 4.47. The Hall–Kier alpha value is -3.30. The molecule has 37 heavy (non-hydrogen) atoms. The molecule has 9 nitrogen and oxygen atoms in total. The lowest BCUT2D eigenvalue weighted by Crippen LogP contribution is -2.38. The van der Waals surface area contributed by atoms with Gasteiger partial charge in [0.05, 0.1) is 25.1 Å². The predicted octanol–water partition coefficient (Wildman–Crippen LogP) is 4.41. The van der Waals surface area contributed by atoms with E-state index < -0.39 is 0 Å². The van der Waals surface area contributed by atoms with Crippen molar-refractivity contribution in [3.05, 3.63) is 42.1 Å². The first kappa shape index (κ1) is 26.8. The highest BCUT2D eigenvalue weighted by Crippen LogP contribution is 2.25. The SMILES string of the molecule is CCCN(CCC)c1cc(N/N=C/c2c[nH]c3cc(N(C)C)ccc23)cc(OCCN2CCOCC2)n1. The van der Waals surface area contributed by atoms with E-state index in [1.54, 1.807) is 0 Å². The summed E-state index contributed by atoms with van der Waals surface area (Å²) in [6.07, 6.45) is 5.95. The quantitative estimate of drug-likeness (QED) is 0.262. The molecule has 1 aliphatic heterocycles. The normalized spacial score (nSPS) is 14.4. The number of hydrogen-bond donors (Lipinski definition) is 2. The number of hydrazone groups is 1. The van der Waals surface area contributed by atoms with E-state index in [4.69, 9.17) is 14.5 Å². The zero-order valence-corrected chi connectivity index (χ0v) is 22.7. The van der Waals surface area contributed by atoms with Crippen molar-refractivity contribution < 1.29 is 9.47 Å². The second-order valence-corrected chi connectivity index (χ2v) is 9.58. The van der Waals surface area contributed by atoms with Gasteiger partial charge in [0.15, 0.2) is 0 Å². The van der Waals surface area contributed by atoms with E-state index in [1.165, 1.54) is 0 Å². The zero-order chi connectivity index (χ0) is 26.0. The number of rotatable bonds is 13. The summed E-state index contributed by atoms with van der Waals surface area (Å²) in [5.74, 6) is 1.53. The van der Waals surface area contributed by atoms with Gasteiger partial charge in [0.25, 0.3) is 0 Å². The van der Waals surface area contributed by atoms with Crippen molar-refractivity contribution >= 4 is 34.3 Å². The summed E-state index contributed by atoms with van der Waals surface area (Å²) in [5.41, 5.74) is 7.34. The lowest BCUT2D eigenvalue weighted by molar-refractivity contribution is 0.0320. The molecule has 0 amide bonds. The van der Waals surface area contributed by atoms with Gasteiger partial charge < -0.3 is 24.3 Å². The Kier molecular flexibility index (Phi) is 9.62. The molecule has 2 aromatic heterocycles. The van der Waals surface area contributed by atoms with E-state index in [1.807, 2.05) is 32.6 Å². The minimum absolute atomic E-state index is 0.588. The maximum atomic E-state index is 6.12. The number of aromatic amines is 1. The van der Waals surface area contributed by atoms with Crippen molar-refractivity contribution in [3.63, 3.8) is 0 Å². The van der Waals surface area contributed by atoms with Crippen LogP contribution in [0.15, 0.2) is 41.6 Å². The molecule has 0 spiro atoms. The van der Waals surface area contributed by atoms with Crippen LogP contribution in [0.3, 0.4) is 0 Å². The third-order valence-electron chi connectivity index (χ3n) is 6.47. The fourth-order valence-electron chi connectivity index (χ4n) is 4.47. The zero-order valence-electron chi connectivity index (χ0n) is 22.7. The van der Waals surface area contributed by atoms with E-state index in [-0.39, 0.29) is 0 Å². The number of ether oxygens (including phenoxy) is 2. The van der Waals surface area contributed by atoms with Crippen LogP contribution in [-0.2, 0) is 4.74 Å².